The largest absolute Gasteiger partial charge is 0.264 e. The standard InChI is InChI=1S/C15H18N2/c1-10-6-16-8-14(12(10)3)5-15-9-17-7-11(2)13(15)4/h6-9H,5H2,1-4H3. The summed E-state index contributed by atoms with van der Waals surface area (Å²) in [5, 5.41) is 0. The Labute approximate surface area is 103 Å². The lowest BCUT2D eigenvalue weighted by molar-refractivity contribution is 1.04. The molecule has 0 spiro atoms. The highest BCUT2D eigenvalue weighted by atomic mass is 14.6. The summed E-state index contributed by atoms with van der Waals surface area (Å²) in [7, 11) is 0. The van der Waals surface area contributed by atoms with Gasteiger partial charge in [-0.25, -0.2) is 0 Å². The highest BCUT2D eigenvalue weighted by Gasteiger charge is 2.06. The third kappa shape index (κ3) is 2.36. The van der Waals surface area contributed by atoms with Crippen LogP contribution in [0.3, 0.4) is 0 Å². The van der Waals surface area contributed by atoms with Crippen molar-refractivity contribution in [3.05, 3.63) is 58.2 Å². The molecule has 0 amide bonds. The third-order valence-electron chi connectivity index (χ3n) is 3.52. The SMILES string of the molecule is Cc1cncc(Cc2cncc(C)c2C)c1C. The number of aryl methyl sites for hydroxylation is 2. The van der Waals surface area contributed by atoms with Crippen LogP contribution in [0.4, 0.5) is 0 Å². The van der Waals surface area contributed by atoms with E-state index in [-0.39, 0.29) is 0 Å². The molecule has 0 saturated heterocycles. The van der Waals surface area contributed by atoms with Gasteiger partial charge in [0.25, 0.3) is 0 Å². The first-order chi connectivity index (χ1) is 8.09. The van der Waals surface area contributed by atoms with E-state index < -0.39 is 0 Å². The number of aromatic nitrogens is 2. The smallest absolute Gasteiger partial charge is 0.0306 e. The minimum absolute atomic E-state index is 0.918. The van der Waals surface area contributed by atoms with Crippen molar-refractivity contribution in [2.24, 2.45) is 0 Å². The number of hydrogen-bond donors (Lipinski definition) is 0. The van der Waals surface area contributed by atoms with E-state index in [9.17, 15) is 0 Å². The Morgan fingerprint density at radius 2 is 1.12 bits per heavy atom. The van der Waals surface area contributed by atoms with E-state index in [2.05, 4.69) is 37.7 Å². The van der Waals surface area contributed by atoms with Crippen molar-refractivity contribution >= 4 is 0 Å². The third-order valence-corrected chi connectivity index (χ3v) is 3.52. The van der Waals surface area contributed by atoms with E-state index in [0.29, 0.717) is 0 Å². The number of rotatable bonds is 2. The van der Waals surface area contributed by atoms with Crippen molar-refractivity contribution in [3.63, 3.8) is 0 Å². The van der Waals surface area contributed by atoms with Crippen LogP contribution < -0.4 is 0 Å². The lowest BCUT2D eigenvalue weighted by Crippen LogP contribution is -1.99. The molecule has 0 aromatic carbocycles. The second-order valence-electron chi connectivity index (χ2n) is 4.66. The molecule has 0 radical (unpaired) electrons. The molecule has 0 aliphatic rings. The summed E-state index contributed by atoms with van der Waals surface area (Å²) in [6, 6.07) is 0. The molecule has 0 aliphatic heterocycles. The van der Waals surface area contributed by atoms with Crippen molar-refractivity contribution in [1.82, 2.24) is 9.97 Å². The summed E-state index contributed by atoms with van der Waals surface area (Å²) in [5.74, 6) is 0. The van der Waals surface area contributed by atoms with Crippen LogP contribution in [0.1, 0.15) is 33.4 Å². The maximum atomic E-state index is 4.27. The van der Waals surface area contributed by atoms with Gasteiger partial charge in [-0.1, -0.05) is 0 Å². The molecule has 2 nitrogen and oxygen atoms in total. The van der Waals surface area contributed by atoms with Gasteiger partial charge in [-0.15, -0.1) is 0 Å². The molecule has 0 atom stereocenters. The van der Waals surface area contributed by atoms with E-state index in [0.717, 1.165) is 6.42 Å². The first-order valence-corrected chi connectivity index (χ1v) is 5.89. The van der Waals surface area contributed by atoms with E-state index in [4.69, 9.17) is 0 Å². The van der Waals surface area contributed by atoms with Gasteiger partial charge >= 0.3 is 0 Å². The van der Waals surface area contributed by atoms with E-state index in [1.165, 1.54) is 33.4 Å². The van der Waals surface area contributed by atoms with E-state index in [1.807, 2.05) is 24.8 Å². The zero-order valence-corrected chi connectivity index (χ0v) is 10.9. The summed E-state index contributed by atoms with van der Waals surface area (Å²) >= 11 is 0. The molecular weight excluding hydrogens is 208 g/mol. The number of pyridine rings is 2. The molecule has 0 saturated carbocycles. The average molecular weight is 226 g/mol. The summed E-state index contributed by atoms with van der Waals surface area (Å²) in [5.41, 5.74) is 7.75. The maximum Gasteiger partial charge on any atom is 0.0306 e. The second-order valence-corrected chi connectivity index (χ2v) is 4.66. The molecule has 88 valence electrons. The molecule has 0 bridgehead atoms. The summed E-state index contributed by atoms with van der Waals surface area (Å²) in [6.45, 7) is 8.52. The van der Waals surface area contributed by atoms with Gasteiger partial charge in [-0.3, -0.25) is 9.97 Å². The van der Waals surface area contributed by atoms with Crippen LogP contribution in [0.2, 0.25) is 0 Å². The molecule has 0 N–H and O–H groups in total. The van der Waals surface area contributed by atoms with Gasteiger partial charge in [-0.05, 0) is 61.1 Å². The molecule has 2 aromatic rings. The van der Waals surface area contributed by atoms with Gasteiger partial charge in [-0.2, -0.15) is 0 Å². The van der Waals surface area contributed by atoms with Crippen molar-refractivity contribution in [2.75, 3.05) is 0 Å². The molecular formula is C15H18N2. The van der Waals surface area contributed by atoms with Crippen LogP contribution >= 0.6 is 0 Å². The first-order valence-electron chi connectivity index (χ1n) is 5.89. The first kappa shape index (κ1) is 11.8. The van der Waals surface area contributed by atoms with E-state index >= 15 is 0 Å². The molecule has 0 aliphatic carbocycles. The van der Waals surface area contributed by atoms with Crippen molar-refractivity contribution < 1.29 is 0 Å². The molecule has 2 aromatic heterocycles. The normalized spacial score (nSPS) is 10.6. The lowest BCUT2D eigenvalue weighted by atomic mass is 9.97. The number of nitrogens with zero attached hydrogens (tertiary/aromatic N) is 2. The minimum atomic E-state index is 0.918. The molecule has 0 fully saturated rings. The fraction of sp³-hybridized carbons (Fsp3) is 0.333. The molecule has 17 heavy (non-hydrogen) atoms. The van der Waals surface area contributed by atoms with Crippen molar-refractivity contribution in [2.45, 2.75) is 34.1 Å². The molecule has 0 unspecified atom stereocenters. The lowest BCUT2D eigenvalue weighted by Gasteiger charge is -2.11. The van der Waals surface area contributed by atoms with E-state index in [1.54, 1.807) is 0 Å². The molecule has 2 heteroatoms. The van der Waals surface area contributed by atoms with Gasteiger partial charge in [0.05, 0.1) is 0 Å². The van der Waals surface area contributed by atoms with Crippen molar-refractivity contribution in [3.8, 4) is 0 Å². The van der Waals surface area contributed by atoms with Gasteiger partial charge in [0.15, 0.2) is 0 Å². The molecule has 2 heterocycles. The fourth-order valence-electron chi connectivity index (χ4n) is 1.93. The van der Waals surface area contributed by atoms with Crippen LogP contribution in [0, 0.1) is 27.7 Å². The van der Waals surface area contributed by atoms with Crippen LogP contribution in [-0.2, 0) is 6.42 Å². The zero-order valence-electron chi connectivity index (χ0n) is 10.9. The van der Waals surface area contributed by atoms with Gasteiger partial charge in [0, 0.05) is 31.2 Å². The summed E-state index contributed by atoms with van der Waals surface area (Å²) < 4.78 is 0. The Bertz CT molecular complexity index is 495. The zero-order chi connectivity index (χ0) is 12.4. The summed E-state index contributed by atoms with van der Waals surface area (Å²) in [6.07, 6.45) is 8.68. The molecule has 2 rings (SSSR count). The predicted octanol–water partition coefficient (Wildman–Crippen LogP) is 3.30. The monoisotopic (exact) mass is 226 g/mol. The fourth-order valence-corrected chi connectivity index (χ4v) is 1.93. The Kier molecular flexibility index (Phi) is 3.23. The minimum Gasteiger partial charge on any atom is -0.264 e. The Morgan fingerprint density at radius 1 is 0.706 bits per heavy atom. The summed E-state index contributed by atoms with van der Waals surface area (Å²) in [4.78, 5) is 8.55. The Hall–Kier alpha value is -1.70. The van der Waals surface area contributed by atoms with Crippen LogP contribution in [-0.4, -0.2) is 9.97 Å². The highest BCUT2D eigenvalue weighted by molar-refractivity contribution is 5.37. The topological polar surface area (TPSA) is 25.8 Å². The van der Waals surface area contributed by atoms with Gasteiger partial charge < -0.3 is 0 Å². The van der Waals surface area contributed by atoms with Gasteiger partial charge in [0.2, 0.25) is 0 Å². The quantitative estimate of drug-likeness (QED) is 0.785. The highest BCUT2D eigenvalue weighted by Crippen LogP contribution is 2.18. The van der Waals surface area contributed by atoms with Crippen LogP contribution in [0.5, 0.6) is 0 Å². The van der Waals surface area contributed by atoms with Crippen molar-refractivity contribution in [1.29, 1.82) is 0 Å². The van der Waals surface area contributed by atoms with Crippen LogP contribution in [0.25, 0.3) is 0 Å². The Balaban J connectivity index is 2.38. The maximum absolute atomic E-state index is 4.27. The number of hydrogen-bond acceptors (Lipinski definition) is 2. The van der Waals surface area contributed by atoms with Crippen LogP contribution in [0.15, 0.2) is 24.8 Å². The second kappa shape index (κ2) is 4.66. The Morgan fingerprint density at radius 3 is 1.53 bits per heavy atom. The predicted molar refractivity (Wildman–Crippen MR) is 70.2 cm³/mol. The van der Waals surface area contributed by atoms with Gasteiger partial charge in [0.1, 0.15) is 0 Å². The average Bonchev–Trinajstić information content (AvgIpc) is 2.31.